The summed E-state index contributed by atoms with van der Waals surface area (Å²) in [5.41, 5.74) is 0. The molecule has 0 spiro atoms. The second kappa shape index (κ2) is 27.3. The van der Waals surface area contributed by atoms with Gasteiger partial charge in [-0.05, 0) is 77.0 Å². The summed E-state index contributed by atoms with van der Waals surface area (Å²) in [5.74, 6) is -2.31. The Labute approximate surface area is 245 Å². The largest absolute Gasteiger partial charge is 0.481 e. The Bertz CT molecular complexity index is 608. The Morgan fingerprint density at radius 3 is 1.10 bits per heavy atom. The van der Waals surface area contributed by atoms with Crippen LogP contribution in [0.3, 0.4) is 0 Å². The number of nitrogens with zero attached hydrogens (tertiary/aromatic N) is 1. The van der Waals surface area contributed by atoms with Gasteiger partial charge in [0, 0.05) is 19.3 Å². The predicted octanol–water partition coefficient (Wildman–Crippen LogP) is 8.61. The third-order valence-electron chi connectivity index (χ3n) is 7.96. The second-order valence-corrected chi connectivity index (χ2v) is 11.7. The number of rotatable bonds is 31. The fourth-order valence-corrected chi connectivity index (χ4v) is 5.54. The van der Waals surface area contributed by atoms with Crippen molar-refractivity contribution in [3.8, 4) is 0 Å². The molecule has 0 fully saturated rings. The molecule has 0 saturated heterocycles. The van der Waals surface area contributed by atoms with Gasteiger partial charge in [0.25, 0.3) is 0 Å². The van der Waals surface area contributed by atoms with E-state index in [1.807, 2.05) is 0 Å². The van der Waals surface area contributed by atoms with Crippen LogP contribution in [-0.4, -0.2) is 63.9 Å². The van der Waals surface area contributed by atoms with Crippen LogP contribution in [0.5, 0.6) is 0 Å². The minimum absolute atomic E-state index is 0.170. The van der Waals surface area contributed by atoms with Gasteiger partial charge < -0.3 is 19.8 Å². The molecule has 0 aromatic heterocycles. The van der Waals surface area contributed by atoms with E-state index >= 15 is 0 Å². The SMILES string of the molecule is CCCCCCCCCCC/C=C/CCCCC[N+](CCCCC(=O)O)(CCCCC(=O)O)CCCCC(=O)O. The fraction of sp³-hybridized carbons (Fsp3) is 0.848. The first-order valence-electron chi connectivity index (χ1n) is 16.5. The molecule has 0 radical (unpaired) electrons. The molecule has 0 atom stereocenters. The maximum atomic E-state index is 11.0. The molecule has 0 aliphatic heterocycles. The molecular weight excluding hydrogens is 506 g/mol. The molecule has 40 heavy (non-hydrogen) atoms. The highest BCUT2D eigenvalue weighted by molar-refractivity contribution is 5.67. The maximum Gasteiger partial charge on any atom is 0.303 e. The molecule has 0 aliphatic rings. The van der Waals surface area contributed by atoms with Gasteiger partial charge in [-0.15, -0.1) is 0 Å². The summed E-state index contributed by atoms with van der Waals surface area (Å²) in [7, 11) is 0. The summed E-state index contributed by atoms with van der Waals surface area (Å²) in [4.78, 5) is 33.0. The van der Waals surface area contributed by atoms with Crippen molar-refractivity contribution in [1.29, 1.82) is 0 Å². The van der Waals surface area contributed by atoms with E-state index in [4.69, 9.17) is 15.3 Å². The summed E-state index contributed by atoms with van der Waals surface area (Å²) in [5, 5.41) is 27.1. The number of carboxylic acids is 3. The average Bonchev–Trinajstić information content (AvgIpc) is 2.91. The number of aliphatic carboxylic acids is 3. The maximum absolute atomic E-state index is 11.0. The molecule has 0 heterocycles. The molecule has 0 saturated carbocycles. The molecular formula is C33H62NO6+. The van der Waals surface area contributed by atoms with Crippen LogP contribution in [0.15, 0.2) is 12.2 Å². The Balaban J connectivity index is 4.49. The van der Waals surface area contributed by atoms with Crippen molar-refractivity contribution < 1.29 is 34.2 Å². The monoisotopic (exact) mass is 568 g/mol. The lowest BCUT2D eigenvalue weighted by Crippen LogP contribution is -2.51. The Morgan fingerprint density at radius 2 is 0.750 bits per heavy atom. The summed E-state index contributed by atoms with van der Waals surface area (Å²) in [6.45, 7) is 5.90. The smallest absolute Gasteiger partial charge is 0.303 e. The summed E-state index contributed by atoms with van der Waals surface area (Å²) < 4.78 is 0.854. The van der Waals surface area contributed by atoms with Gasteiger partial charge in [0.1, 0.15) is 0 Å². The zero-order chi connectivity index (χ0) is 29.7. The summed E-state index contributed by atoms with van der Waals surface area (Å²) in [6, 6.07) is 0. The summed E-state index contributed by atoms with van der Waals surface area (Å²) in [6.07, 6.45) is 27.5. The first-order valence-corrected chi connectivity index (χ1v) is 16.5. The van der Waals surface area contributed by atoms with Crippen LogP contribution >= 0.6 is 0 Å². The first-order chi connectivity index (χ1) is 19.3. The van der Waals surface area contributed by atoms with Crippen molar-refractivity contribution in [2.75, 3.05) is 26.2 Å². The molecule has 0 aromatic rings. The van der Waals surface area contributed by atoms with Gasteiger partial charge in [-0.25, -0.2) is 0 Å². The molecule has 7 heteroatoms. The highest BCUT2D eigenvalue weighted by atomic mass is 16.4. The highest BCUT2D eigenvalue weighted by Gasteiger charge is 2.26. The van der Waals surface area contributed by atoms with Gasteiger partial charge in [-0.2, -0.15) is 0 Å². The quantitative estimate of drug-likeness (QED) is 0.0438. The molecule has 0 aromatic carbocycles. The van der Waals surface area contributed by atoms with Gasteiger partial charge >= 0.3 is 17.9 Å². The van der Waals surface area contributed by atoms with Crippen molar-refractivity contribution in [2.45, 2.75) is 155 Å². The standard InChI is InChI=1S/C33H61NO6/c1-2-3-4-5-6-7-8-9-10-11-12-13-14-15-16-20-27-34(28-21-17-24-31(35)36,29-22-18-25-32(37)38)30-23-19-26-33(39)40/h12-13H,2-11,14-30H2,1H3,(H2-,35,36,37,38,39,40)/p+1/b13-12+. The molecule has 0 bridgehead atoms. The van der Waals surface area contributed by atoms with Gasteiger partial charge in [0.05, 0.1) is 26.2 Å². The van der Waals surface area contributed by atoms with Crippen LogP contribution in [0.2, 0.25) is 0 Å². The van der Waals surface area contributed by atoms with Crippen LogP contribution in [0, 0.1) is 0 Å². The zero-order valence-electron chi connectivity index (χ0n) is 25.8. The molecule has 0 aliphatic carbocycles. The van der Waals surface area contributed by atoms with Gasteiger partial charge in [-0.3, -0.25) is 14.4 Å². The molecule has 234 valence electrons. The second-order valence-electron chi connectivity index (χ2n) is 11.7. The third kappa shape index (κ3) is 26.3. The minimum Gasteiger partial charge on any atom is -0.481 e. The molecule has 3 N–H and O–H groups in total. The van der Waals surface area contributed by atoms with E-state index in [0.717, 1.165) is 75.6 Å². The Morgan fingerprint density at radius 1 is 0.450 bits per heavy atom. The van der Waals surface area contributed by atoms with E-state index in [0.29, 0.717) is 19.3 Å². The van der Waals surface area contributed by atoms with Crippen molar-refractivity contribution in [3.63, 3.8) is 0 Å². The number of carboxylic acid groups (broad SMARTS) is 3. The predicted molar refractivity (Wildman–Crippen MR) is 164 cm³/mol. The van der Waals surface area contributed by atoms with Crippen LogP contribution in [0.25, 0.3) is 0 Å². The van der Waals surface area contributed by atoms with Crippen LogP contribution in [-0.2, 0) is 14.4 Å². The topological polar surface area (TPSA) is 112 Å². The third-order valence-corrected chi connectivity index (χ3v) is 7.96. The van der Waals surface area contributed by atoms with Crippen molar-refractivity contribution in [3.05, 3.63) is 12.2 Å². The number of hydrogen-bond donors (Lipinski definition) is 3. The van der Waals surface area contributed by atoms with Crippen molar-refractivity contribution in [1.82, 2.24) is 0 Å². The van der Waals surface area contributed by atoms with Gasteiger partial charge in [-0.1, -0.05) is 70.4 Å². The van der Waals surface area contributed by atoms with Gasteiger partial charge in [0.15, 0.2) is 0 Å². The van der Waals surface area contributed by atoms with E-state index in [1.54, 1.807) is 0 Å². The number of unbranched alkanes of at least 4 members (excludes halogenated alkanes) is 15. The molecule has 0 rings (SSSR count). The fourth-order valence-electron chi connectivity index (χ4n) is 5.54. The normalized spacial score (nSPS) is 11.8. The first kappa shape index (κ1) is 38.1. The van der Waals surface area contributed by atoms with E-state index in [2.05, 4.69) is 19.1 Å². The van der Waals surface area contributed by atoms with Crippen molar-refractivity contribution >= 4 is 17.9 Å². The van der Waals surface area contributed by atoms with E-state index < -0.39 is 17.9 Å². The van der Waals surface area contributed by atoms with Crippen LogP contribution in [0.1, 0.15) is 155 Å². The van der Waals surface area contributed by atoms with E-state index in [-0.39, 0.29) is 19.3 Å². The molecule has 0 amide bonds. The number of allylic oxidation sites excluding steroid dienone is 2. The lowest BCUT2D eigenvalue weighted by molar-refractivity contribution is -0.929. The van der Waals surface area contributed by atoms with E-state index in [9.17, 15) is 14.4 Å². The number of hydrogen-bond acceptors (Lipinski definition) is 3. The van der Waals surface area contributed by atoms with Crippen LogP contribution in [0.4, 0.5) is 0 Å². The molecule has 0 unspecified atom stereocenters. The molecule has 7 nitrogen and oxygen atoms in total. The lowest BCUT2D eigenvalue weighted by Gasteiger charge is -2.39. The zero-order valence-corrected chi connectivity index (χ0v) is 25.8. The number of carbonyl (C=O) groups is 3. The highest BCUT2D eigenvalue weighted by Crippen LogP contribution is 2.19. The minimum atomic E-state index is -0.771. The average molecular weight is 569 g/mol. The van der Waals surface area contributed by atoms with Crippen LogP contribution < -0.4 is 0 Å². The Kier molecular flexibility index (Phi) is 26.0. The summed E-state index contributed by atoms with van der Waals surface area (Å²) >= 11 is 0. The van der Waals surface area contributed by atoms with Gasteiger partial charge in [0.2, 0.25) is 0 Å². The van der Waals surface area contributed by atoms with E-state index in [1.165, 1.54) is 64.2 Å². The van der Waals surface area contributed by atoms with Crippen molar-refractivity contribution in [2.24, 2.45) is 0 Å². The number of quaternary nitrogens is 1. The Hall–Kier alpha value is -1.89. The lowest BCUT2D eigenvalue weighted by atomic mass is 10.1.